The Bertz CT molecular complexity index is 1220. The van der Waals surface area contributed by atoms with Gasteiger partial charge in [0.15, 0.2) is 5.13 Å². The number of nitrogens with zero attached hydrogens (tertiary/aromatic N) is 5. The maximum Gasteiger partial charge on any atom is 0.246 e. The van der Waals surface area contributed by atoms with Gasteiger partial charge in [0.1, 0.15) is 24.3 Å². The third-order valence-electron chi connectivity index (χ3n) is 5.61. The molecule has 3 heterocycles. The van der Waals surface area contributed by atoms with Gasteiger partial charge in [-0.25, -0.2) is 9.97 Å². The van der Waals surface area contributed by atoms with E-state index in [1.54, 1.807) is 17.9 Å². The van der Waals surface area contributed by atoms with Gasteiger partial charge in [0.2, 0.25) is 17.7 Å². The molecule has 36 heavy (non-hydrogen) atoms. The Hall–Kier alpha value is -3.83. The summed E-state index contributed by atoms with van der Waals surface area (Å²) in [4.78, 5) is 42.7. The number of hydrogen-bond donors (Lipinski definition) is 2. The SMILES string of the molecule is C=CC(=O)N1CCN(C)C[C@H]1C(=O)NCCOc1cc(Nc2ncc(-c3ccccc3)s2)nc(C)n1. The average Bonchev–Trinajstić information content (AvgIpc) is 3.34. The van der Waals surface area contributed by atoms with Crippen molar-refractivity contribution in [3.05, 3.63) is 61.1 Å². The van der Waals surface area contributed by atoms with Gasteiger partial charge in [0, 0.05) is 31.9 Å². The first kappa shape index (κ1) is 25.3. The standard InChI is InChI=1S/C25H29N7O3S/c1-4-23(33)32-12-11-31(3)16-19(32)24(34)26-10-13-35-22-14-21(28-17(2)29-22)30-25-27-15-20(36-25)18-8-6-5-7-9-18/h4-9,14-15,19H,1,10-13,16H2,2-3H3,(H,26,34)(H,27,28,29,30)/t19-/m0/s1. The predicted octanol–water partition coefficient (Wildman–Crippen LogP) is 2.48. The summed E-state index contributed by atoms with van der Waals surface area (Å²) in [6.45, 7) is 7.47. The molecule has 10 nitrogen and oxygen atoms in total. The van der Waals surface area contributed by atoms with Crippen LogP contribution in [-0.4, -0.2) is 82.4 Å². The van der Waals surface area contributed by atoms with Crippen LogP contribution in [-0.2, 0) is 9.59 Å². The van der Waals surface area contributed by atoms with Gasteiger partial charge in [-0.05, 0) is 25.6 Å². The molecule has 0 saturated carbocycles. The van der Waals surface area contributed by atoms with Crippen molar-refractivity contribution in [1.82, 2.24) is 30.1 Å². The second-order valence-corrected chi connectivity index (χ2v) is 9.34. The van der Waals surface area contributed by atoms with Crippen LogP contribution in [0.2, 0.25) is 0 Å². The lowest BCUT2D eigenvalue weighted by Gasteiger charge is -2.38. The number of nitrogens with one attached hydrogen (secondary N) is 2. The minimum absolute atomic E-state index is 0.217. The van der Waals surface area contributed by atoms with Gasteiger partial charge in [0.05, 0.1) is 11.4 Å². The van der Waals surface area contributed by atoms with Crippen LogP contribution in [0, 0.1) is 6.92 Å². The number of aromatic nitrogens is 3. The van der Waals surface area contributed by atoms with E-state index in [9.17, 15) is 9.59 Å². The third-order valence-corrected chi connectivity index (χ3v) is 6.57. The van der Waals surface area contributed by atoms with Crippen molar-refractivity contribution >= 4 is 34.1 Å². The van der Waals surface area contributed by atoms with E-state index >= 15 is 0 Å². The summed E-state index contributed by atoms with van der Waals surface area (Å²) in [7, 11) is 1.93. The summed E-state index contributed by atoms with van der Waals surface area (Å²) in [6.07, 6.45) is 3.07. The van der Waals surface area contributed by atoms with Crippen molar-refractivity contribution in [1.29, 1.82) is 0 Å². The number of piperazine rings is 1. The number of likely N-dealkylation sites (N-methyl/N-ethyl adjacent to an activating group) is 1. The molecule has 1 aromatic carbocycles. The molecule has 0 aliphatic carbocycles. The molecule has 1 fully saturated rings. The van der Waals surface area contributed by atoms with Crippen LogP contribution >= 0.6 is 11.3 Å². The van der Waals surface area contributed by atoms with Crippen LogP contribution in [0.4, 0.5) is 10.9 Å². The fourth-order valence-electron chi connectivity index (χ4n) is 3.83. The molecule has 1 saturated heterocycles. The normalized spacial score (nSPS) is 15.8. The van der Waals surface area contributed by atoms with Crippen molar-refractivity contribution in [3.8, 4) is 16.3 Å². The van der Waals surface area contributed by atoms with Crippen LogP contribution < -0.4 is 15.4 Å². The predicted molar refractivity (Wildman–Crippen MR) is 139 cm³/mol. The van der Waals surface area contributed by atoms with Crippen LogP contribution in [0.15, 0.2) is 55.3 Å². The molecule has 2 aromatic heterocycles. The van der Waals surface area contributed by atoms with E-state index in [1.807, 2.05) is 48.5 Å². The molecule has 1 atom stereocenters. The molecule has 188 valence electrons. The summed E-state index contributed by atoms with van der Waals surface area (Å²) in [5.74, 6) is 1.04. The highest BCUT2D eigenvalue weighted by molar-refractivity contribution is 7.18. The number of thiazole rings is 1. The zero-order chi connectivity index (χ0) is 25.5. The molecule has 11 heteroatoms. The number of carbonyl (C=O) groups is 2. The minimum Gasteiger partial charge on any atom is -0.476 e. The van der Waals surface area contributed by atoms with Crippen LogP contribution in [0.1, 0.15) is 5.82 Å². The van der Waals surface area contributed by atoms with Gasteiger partial charge in [-0.1, -0.05) is 48.2 Å². The van der Waals surface area contributed by atoms with E-state index in [2.05, 4.69) is 32.2 Å². The molecule has 0 bridgehead atoms. The van der Waals surface area contributed by atoms with Crippen molar-refractivity contribution < 1.29 is 14.3 Å². The first-order valence-corrected chi connectivity index (χ1v) is 12.4. The summed E-state index contributed by atoms with van der Waals surface area (Å²) in [5.41, 5.74) is 1.10. The Kier molecular flexibility index (Phi) is 8.24. The summed E-state index contributed by atoms with van der Waals surface area (Å²) >= 11 is 1.53. The Labute approximate surface area is 214 Å². The average molecular weight is 508 g/mol. The maximum absolute atomic E-state index is 12.7. The molecule has 2 N–H and O–H groups in total. The van der Waals surface area contributed by atoms with Crippen LogP contribution in [0.5, 0.6) is 5.88 Å². The zero-order valence-electron chi connectivity index (χ0n) is 20.3. The van der Waals surface area contributed by atoms with E-state index in [0.717, 1.165) is 10.4 Å². The number of anilines is 2. The van der Waals surface area contributed by atoms with Crippen molar-refractivity contribution in [2.45, 2.75) is 13.0 Å². The zero-order valence-corrected chi connectivity index (χ0v) is 21.1. The largest absolute Gasteiger partial charge is 0.476 e. The fraction of sp³-hybridized carbons (Fsp3) is 0.320. The molecule has 3 aromatic rings. The Balaban J connectivity index is 1.31. The topological polar surface area (TPSA) is 113 Å². The smallest absolute Gasteiger partial charge is 0.246 e. The molecule has 4 rings (SSSR count). The number of rotatable bonds is 9. The van der Waals surface area contributed by atoms with Gasteiger partial charge >= 0.3 is 0 Å². The molecule has 0 unspecified atom stereocenters. The Morgan fingerprint density at radius 3 is 2.83 bits per heavy atom. The van der Waals surface area contributed by atoms with E-state index in [-0.39, 0.29) is 25.0 Å². The van der Waals surface area contributed by atoms with Gasteiger partial charge < -0.3 is 25.2 Å². The minimum atomic E-state index is -0.564. The highest BCUT2D eigenvalue weighted by Crippen LogP contribution is 2.30. The van der Waals surface area contributed by atoms with E-state index in [1.165, 1.54) is 17.4 Å². The van der Waals surface area contributed by atoms with E-state index in [0.29, 0.717) is 42.3 Å². The number of amides is 2. The number of ether oxygens (including phenoxy) is 1. The van der Waals surface area contributed by atoms with E-state index in [4.69, 9.17) is 4.74 Å². The highest BCUT2D eigenvalue weighted by Gasteiger charge is 2.32. The van der Waals surface area contributed by atoms with Gasteiger partial charge in [-0.3, -0.25) is 9.59 Å². The molecular formula is C25H29N7O3S. The van der Waals surface area contributed by atoms with Crippen LogP contribution in [0.3, 0.4) is 0 Å². The summed E-state index contributed by atoms with van der Waals surface area (Å²) in [6, 6.07) is 11.2. The summed E-state index contributed by atoms with van der Waals surface area (Å²) in [5, 5.41) is 6.77. The molecule has 1 aliphatic heterocycles. The quantitative estimate of drug-likeness (QED) is 0.336. The highest BCUT2D eigenvalue weighted by atomic mass is 32.1. The summed E-state index contributed by atoms with van der Waals surface area (Å²) < 4.78 is 5.76. The molecular weight excluding hydrogens is 478 g/mol. The Morgan fingerprint density at radius 1 is 1.25 bits per heavy atom. The number of carbonyl (C=O) groups excluding carboxylic acids is 2. The van der Waals surface area contributed by atoms with Gasteiger partial charge in [-0.15, -0.1) is 0 Å². The second-order valence-electron chi connectivity index (χ2n) is 8.31. The second kappa shape index (κ2) is 11.7. The van der Waals surface area contributed by atoms with Gasteiger partial charge in [0.25, 0.3) is 0 Å². The van der Waals surface area contributed by atoms with Crippen LogP contribution in [0.25, 0.3) is 10.4 Å². The lowest BCUT2D eigenvalue weighted by Crippen LogP contribution is -2.59. The van der Waals surface area contributed by atoms with Crippen molar-refractivity contribution in [2.75, 3.05) is 45.2 Å². The van der Waals surface area contributed by atoms with Gasteiger partial charge in [-0.2, -0.15) is 4.98 Å². The fourth-order valence-corrected chi connectivity index (χ4v) is 4.66. The molecule has 0 radical (unpaired) electrons. The van der Waals surface area contributed by atoms with E-state index < -0.39 is 6.04 Å². The van der Waals surface area contributed by atoms with Crippen molar-refractivity contribution in [2.24, 2.45) is 0 Å². The lowest BCUT2D eigenvalue weighted by molar-refractivity contribution is -0.140. The molecule has 2 amide bonds. The number of benzene rings is 1. The van der Waals surface area contributed by atoms with Crippen molar-refractivity contribution in [3.63, 3.8) is 0 Å². The first-order chi connectivity index (χ1) is 17.4. The number of aryl methyl sites for hydroxylation is 1. The third kappa shape index (κ3) is 6.43. The first-order valence-electron chi connectivity index (χ1n) is 11.6. The molecule has 1 aliphatic rings. The lowest BCUT2D eigenvalue weighted by atomic mass is 10.1. The monoisotopic (exact) mass is 507 g/mol. The molecule has 0 spiro atoms. The number of hydrogen-bond acceptors (Lipinski definition) is 9. The Morgan fingerprint density at radius 2 is 2.06 bits per heavy atom. The maximum atomic E-state index is 12.7.